The maximum atomic E-state index is 12.2. The third-order valence-corrected chi connectivity index (χ3v) is 4.33. The molecule has 0 saturated carbocycles. The molecule has 0 heterocycles. The van der Waals surface area contributed by atoms with Gasteiger partial charge in [0.05, 0.1) is 17.7 Å². The Labute approximate surface area is 151 Å². The van der Waals surface area contributed by atoms with Gasteiger partial charge in [0, 0.05) is 5.56 Å². The summed E-state index contributed by atoms with van der Waals surface area (Å²) in [6.07, 6.45) is 1.24. The average molecular weight is 378 g/mol. The predicted octanol–water partition coefficient (Wildman–Crippen LogP) is 1.86. The quantitative estimate of drug-likeness (QED) is 0.508. The molecule has 0 bridgehead atoms. The lowest BCUT2D eigenvalue weighted by Crippen LogP contribution is -2.18. The highest BCUT2D eigenvalue weighted by Crippen LogP contribution is 2.17. The van der Waals surface area contributed by atoms with Crippen LogP contribution in [0.15, 0.2) is 58.5 Å². The normalized spacial score (nSPS) is 11.3. The molecular weight excluding hydrogens is 360 g/mol. The van der Waals surface area contributed by atoms with Gasteiger partial charge in [0.15, 0.2) is 6.61 Å². The minimum atomic E-state index is -3.84. The van der Waals surface area contributed by atoms with E-state index in [1.165, 1.54) is 18.3 Å². The van der Waals surface area contributed by atoms with Gasteiger partial charge >= 0.3 is 5.97 Å². The molecule has 138 valence electrons. The van der Waals surface area contributed by atoms with Gasteiger partial charge in [0.25, 0.3) is 10.0 Å². The topological polar surface area (TPSA) is 114 Å². The second-order valence-electron chi connectivity index (χ2n) is 4.98. The van der Waals surface area contributed by atoms with E-state index in [4.69, 9.17) is 14.6 Å². The highest BCUT2D eigenvalue weighted by Gasteiger charge is 2.12. The minimum Gasteiger partial charge on any atom is -0.494 e. The van der Waals surface area contributed by atoms with Gasteiger partial charge in [-0.1, -0.05) is 12.1 Å². The van der Waals surface area contributed by atoms with Crippen molar-refractivity contribution >= 4 is 22.2 Å². The fourth-order valence-electron chi connectivity index (χ4n) is 1.96. The molecule has 0 aliphatic heterocycles. The van der Waals surface area contributed by atoms with E-state index in [2.05, 4.69) is 9.93 Å². The molecule has 0 saturated heterocycles. The standard InChI is InChI=1S/C17H18N2O6S/c1-2-24-14-7-9-15(10-8-14)26(22,23)19-18-11-13-5-3-4-6-16(13)25-12-17(20)21/h3-11,19H,2,12H2,1H3,(H,20,21). The minimum absolute atomic E-state index is 0.0357. The summed E-state index contributed by atoms with van der Waals surface area (Å²) in [5, 5.41) is 12.4. The van der Waals surface area contributed by atoms with Crippen LogP contribution >= 0.6 is 0 Å². The smallest absolute Gasteiger partial charge is 0.341 e. The number of benzene rings is 2. The molecular formula is C17H18N2O6S. The van der Waals surface area contributed by atoms with Gasteiger partial charge in [-0.15, -0.1) is 0 Å². The fraction of sp³-hybridized carbons (Fsp3) is 0.176. The Morgan fingerprint density at radius 3 is 2.50 bits per heavy atom. The first kappa shape index (κ1) is 19.3. The van der Waals surface area contributed by atoms with Crippen molar-refractivity contribution in [3.63, 3.8) is 0 Å². The van der Waals surface area contributed by atoms with Crippen molar-refractivity contribution in [1.29, 1.82) is 0 Å². The summed E-state index contributed by atoms with van der Waals surface area (Å²) in [5.41, 5.74) is 0.433. The summed E-state index contributed by atoms with van der Waals surface area (Å²) in [5.74, 6) is -0.272. The van der Waals surface area contributed by atoms with Gasteiger partial charge in [-0.3, -0.25) is 0 Å². The summed E-state index contributed by atoms with van der Waals surface area (Å²) in [7, 11) is -3.84. The van der Waals surface area contributed by atoms with Crippen molar-refractivity contribution in [2.24, 2.45) is 5.10 Å². The van der Waals surface area contributed by atoms with Crippen LogP contribution in [0.1, 0.15) is 12.5 Å². The highest BCUT2D eigenvalue weighted by molar-refractivity contribution is 7.89. The second kappa shape index (κ2) is 8.86. The first-order chi connectivity index (χ1) is 12.4. The maximum Gasteiger partial charge on any atom is 0.341 e. The van der Waals surface area contributed by atoms with Crippen LogP contribution in [0.25, 0.3) is 0 Å². The van der Waals surface area contributed by atoms with Crippen LogP contribution < -0.4 is 14.3 Å². The number of nitrogens with zero attached hydrogens (tertiary/aromatic N) is 1. The number of hydrazone groups is 1. The molecule has 0 aliphatic carbocycles. The van der Waals surface area contributed by atoms with E-state index in [-0.39, 0.29) is 10.6 Å². The van der Waals surface area contributed by atoms with Crippen LogP contribution in [0.3, 0.4) is 0 Å². The van der Waals surface area contributed by atoms with Crippen molar-refractivity contribution in [2.75, 3.05) is 13.2 Å². The van der Waals surface area contributed by atoms with Gasteiger partial charge in [0.2, 0.25) is 0 Å². The molecule has 0 atom stereocenters. The van der Waals surface area contributed by atoms with E-state index in [1.54, 1.807) is 36.4 Å². The van der Waals surface area contributed by atoms with Crippen LogP contribution in [0.5, 0.6) is 11.5 Å². The SMILES string of the molecule is CCOc1ccc(S(=O)(=O)NN=Cc2ccccc2OCC(=O)O)cc1. The lowest BCUT2D eigenvalue weighted by atomic mass is 10.2. The van der Waals surface area contributed by atoms with Gasteiger partial charge < -0.3 is 14.6 Å². The van der Waals surface area contributed by atoms with Crippen molar-refractivity contribution < 1.29 is 27.8 Å². The van der Waals surface area contributed by atoms with Gasteiger partial charge in [0.1, 0.15) is 11.5 Å². The molecule has 0 aliphatic rings. The van der Waals surface area contributed by atoms with Crippen molar-refractivity contribution in [1.82, 2.24) is 4.83 Å². The molecule has 0 unspecified atom stereocenters. The molecule has 26 heavy (non-hydrogen) atoms. The van der Waals surface area contributed by atoms with E-state index in [9.17, 15) is 13.2 Å². The largest absolute Gasteiger partial charge is 0.494 e. The summed E-state index contributed by atoms with van der Waals surface area (Å²) < 4.78 is 34.8. The Bertz CT molecular complexity index is 878. The number of para-hydroxylation sites is 1. The maximum absolute atomic E-state index is 12.2. The van der Waals surface area contributed by atoms with E-state index in [0.717, 1.165) is 0 Å². The van der Waals surface area contributed by atoms with Crippen LogP contribution in [-0.4, -0.2) is 38.9 Å². The molecule has 2 aromatic carbocycles. The number of sulfonamides is 1. The van der Waals surface area contributed by atoms with Crippen molar-refractivity contribution in [3.8, 4) is 11.5 Å². The van der Waals surface area contributed by atoms with E-state index >= 15 is 0 Å². The Morgan fingerprint density at radius 1 is 1.15 bits per heavy atom. The zero-order valence-electron chi connectivity index (χ0n) is 14.0. The van der Waals surface area contributed by atoms with E-state index in [0.29, 0.717) is 17.9 Å². The Morgan fingerprint density at radius 2 is 1.85 bits per heavy atom. The number of hydrogen-bond acceptors (Lipinski definition) is 6. The van der Waals surface area contributed by atoms with Crippen molar-refractivity contribution in [2.45, 2.75) is 11.8 Å². The molecule has 9 heteroatoms. The molecule has 0 aromatic heterocycles. The molecule has 0 fully saturated rings. The summed E-state index contributed by atoms with van der Waals surface area (Å²) in [6.45, 7) is 1.81. The number of carboxylic acid groups (broad SMARTS) is 1. The third-order valence-electron chi connectivity index (χ3n) is 3.09. The predicted molar refractivity (Wildman–Crippen MR) is 95.1 cm³/mol. The highest BCUT2D eigenvalue weighted by atomic mass is 32.2. The summed E-state index contributed by atoms with van der Waals surface area (Å²) in [6, 6.07) is 12.5. The van der Waals surface area contributed by atoms with Gasteiger partial charge in [-0.2, -0.15) is 13.5 Å². The van der Waals surface area contributed by atoms with Crippen LogP contribution in [0.2, 0.25) is 0 Å². The lowest BCUT2D eigenvalue weighted by molar-refractivity contribution is -0.139. The number of nitrogens with one attached hydrogen (secondary N) is 1. The zero-order chi connectivity index (χ0) is 19.0. The van der Waals surface area contributed by atoms with E-state index < -0.39 is 22.6 Å². The number of carboxylic acids is 1. The number of rotatable bonds is 9. The first-order valence-corrected chi connectivity index (χ1v) is 9.12. The Hall–Kier alpha value is -3.07. The molecule has 0 spiro atoms. The number of aliphatic carboxylic acids is 1. The van der Waals surface area contributed by atoms with Crippen LogP contribution in [0.4, 0.5) is 0 Å². The number of ether oxygens (including phenoxy) is 2. The molecule has 0 radical (unpaired) electrons. The molecule has 2 aromatic rings. The first-order valence-electron chi connectivity index (χ1n) is 7.63. The Balaban J connectivity index is 2.08. The van der Waals surface area contributed by atoms with Crippen LogP contribution in [0, 0.1) is 0 Å². The molecule has 8 nitrogen and oxygen atoms in total. The average Bonchev–Trinajstić information content (AvgIpc) is 2.61. The lowest BCUT2D eigenvalue weighted by Gasteiger charge is -2.07. The second-order valence-corrected chi connectivity index (χ2v) is 6.64. The summed E-state index contributed by atoms with van der Waals surface area (Å²) in [4.78, 5) is 12.7. The van der Waals surface area contributed by atoms with Crippen LogP contribution in [-0.2, 0) is 14.8 Å². The fourth-order valence-corrected chi connectivity index (χ4v) is 2.75. The molecule has 2 N–H and O–H groups in total. The number of carbonyl (C=O) groups is 1. The van der Waals surface area contributed by atoms with E-state index in [1.807, 2.05) is 6.92 Å². The number of hydrogen-bond donors (Lipinski definition) is 2. The third kappa shape index (κ3) is 5.49. The van der Waals surface area contributed by atoms with Gasteiger partial charge in [-0.25, -0.2) is 9.63 Å². The molecule has 2 rings (SSSR count). The molecule has 0 amide bonds. The van der Waals surface area contributed by atoms with Crippen molar-refractivity contribution in [3.05, 3.63) is 54.1 Å². The monoisotopic (exact) mass is 378 g/mol. The Kier molecular flexibility index (Phi) is 6.56. The summed E-state index contributed by atoms with van der Waals surface area (Å²) >= 11 is 0. The zero-order valence-corrected chi connectivity index (χ0v) is 14.8. The van der Waals surface area contributed by atoms with Gasteiger partial charge in [-0.05, 0) is 43.3 Å².